The predicted molar refractivity (Wildman–Crippen MR) is 43.1 cm³/mol. The zero-order valence-corrected chi connectivity index (χ0v) is 6.67. The molecule has 0 bridgehead atoms. The summed E-state index contributed by atoms with van der Waals surface area (Å²) in [6.07, 6.45) is 7.97. The van der Waals surface area contributed by atoms with E-state index in [0.717, 1.165) is 24.8 Å². The molecule has 0 fully saturated rings. The van der Waals surface area contributed by atoms with E-state index in [0.29, 0.717) is 0 Å². The molecule has 0 atom stereocenters. The van der Waals surface area contributed by atoms with Crippen LogP contribution in [0.3, 0.4) is 0 Å². The van der Waals surface area contributed by atoms with E-state index in [2.05, 4.69) is 4.74 Å². The maximum Gasteiger partial charge on any atom is 0.184 e. The summed E-state index contributed by atoms with van der Waals surface area (Å²) in [4.78, 5) is 11.2. The zero-order chi connectivity index (χ0) is 8.10. The second-order valence-corrected chi connectivity index (χ2v) is 2.52. The Kier molecular flexibility index (Phi) is 2.90. The molecular formula is C9H12O2. The Morgan fingerprint density at radius 1 is 1.73 bits per heavy atom. The van der Waals surface area contributed by atoms with E-state index in [1.807, 2.05) is 6.08 Å². The fourth-order valence-electron chi connectivity index (χ4n) is 1.13. The summed E-state index contributed by atoms with van der Waals surface area (Å²) in [6, 6.07) is 0. The van der Waals surface area contributed by atoms with Gasteiger partial charge in [0.15, 0.2) is 5.78 Å². The number of hydrogen-bond donors (Lipinski definition) is 0. The molecule has 0 amide bonds. The van der Waals surface area contributed by atoms with Crippen LogP contribution in [0.1, 0.15) is 19.3 Å². The number of ketones is 1. The third-order valence-corrected chi connectivity index (χ3v) is 1.71. The normalized spacial score (nSPS) is 17.0. The molecule has 0 saturated heterocycles. The summed E-state index contributed by atoms with van der Waals surface area (Å²) in [5.74, 6) is 0.0874. The molecule has 0 aromatic rings. The molecule has 0 spiro atoms. The zero-order valence-electron chi connectivity index (χ0n) is 6.67. The minimum absolute atomic E-state index is 0.0874. The van der Waals surface area contributed by atoms with E-state index < -0.39 is 0 Å². The molecule has 1 rings (SSSR count). The number of hydrogen-bond acceptors (Lipinski definition) is 2. The van der Waals surface area contributed by atoms with Crippen LogP contribution in [0.15, 0.2) is 24.0 Å². The van der Waals surface area contributed by atoms with Crippen molar-refractivity contribution in [2.75, 3.05) is 7.11 Å². The quantitative estimate of drug-likeness (QED) is 0.455. The standard InChI is InChI=1S/C9H12O2/c1-11-7-6-9(10)8-4-2-3-5-8/h4,6-7H,2-3,5H2,1H3/b7-6+. The second-order valence-electron chi connectivity index (χ2n) is 2.52. The van der Waals surface area contributed by atoms with Crippen LogP contribution in [0.25, 0.3) is 0 Å². The molecule has 0 N–H and O–H groups in total. The van der Waals surface area contributed by atoms with Crippen molar-refractivity contribution in [3.8, 4) is 0 Å². The molecule has 1 aliphatic carbocycles. The Hall–Kier alpha value is -1.05. The predicted octanol–water partition coefficient (Wildman–Crippen LogP) is 1.83. The first-order valence-electron chi connectivity index (χ1n) is 3.77. The number of carbonyl (C=O) groups excluding carboxylic acids is 1. The van der Waals surface area contributed by atoms with Gasteiger partial charge in [0.2, 0.25) is 0 Å². The Balaban J connectivity index is 2.47. The lowest BCUT2D eigenvalue weighted by atomic mass is 10.1. The minimum Gasteiger partial charge on any atom is -0.504 e. The van der Waals surface area contributed by atoms with Crippen molar-refractivity contribution in [2.24, 2.45) is 0 Å². The van der Waals surface area contributed by atoms with Crippen molar-refractivity contribution in [2.45, 2.75) is 19.3 Å². The SMILES string of the molecule is CO/C=C/C(=O)C1=CCCC1. The van der Waals surface area contributed by atoms with Gasteiger partial charge in [-0.2, -0.15) is 0 Å². The largest absolute Gasteiger partial charge is 0.504 e. The first-order valence-corrected chi connectivity index (χ1v) is 3.77. The summed E-state index contributed by atoms with van der Waals surface area (Å²) in [6.45, 7) is 0. The van der Waals surface area contributed by atoms with Gasteiger partial charge in [0.1, 0.15) is 0 Å². The Morgan fingerprint density at radius 2 is 2.55 bits per heavy atom. The molecule has 0 radical (unpaired) electrons. The maximum atomic E-state index is 11.2. The van der Waals surface area contributed by atoms with Crippen LogP contribution < -0.4 is 0 Å². The fraction of sp³-hybridized carbons (Fsp3) is 0.444. The van der Waals surface area contributed by atoms with Gasteiger partial charge in [-0.15, -0.1) is 0 Å². The van der Waals surface area contributed by atoms with Gasteiger partial charge in [0, 0.05) is 6.08 Å². The molecule has 2 nitrogen and oxygen atoms in total. The van der Waals surface area contributed by atoms with Crippen molar-refractivity contribution < 1.29 is 9.53 Å². The number of allylic oxidation sites excluding steroid dienone is 3. The highest BCUT2D eigenvalue weighted by Crippen LogP contribution is 2.18. The smallest absolute Gasteiger partial charge is 0.184 e. The molecule has 0 unspecified atom stereocenters. The van der Waals surface area contributed by atoms with Crippen LogP contribution in [0.5, 0.6) is 0 Å². The third-order valence-electron chi connectivity index (χ3n) is 1.71. The van der Waals surface area contributed by atoms with Gasteiger partial charge in [-0.05, 0) is 24.8 Å². The molecule has 2 heteroatoms. The number of carbonyl (C=O) groups is 1. The molecule has 0 saturated carbocycles. The lowest BCUT2D eigenvalue weighted by molar-refractivity contribution is -0.111. The average molecular weight is 152 g/mol. The summed E-state index contributed by atoms with van der Waals surface area (Å²) < 4.78 is 4.64. The first-order chi connectivity index (χ1) is 5.34. The maximum absolute atomic E-state index is 11.2. The van der Waals surface area contributed by atoms with Crippen molar-refractivity contribution in [1.29, 1.82) is 0 Å². The molecule has 0 aromatic carbocycles. The van der Waals surface area contributed by atoms with E-state index in [4.69, 9.17) is 0 Å². The van der Waals surface area contributed by atoms with Crippen molar-refractivity contribution in [1.82, 2.24) is 0 Å². The highest BCUT2D eigenvalue weighted by Gasteiger charge is 2.09. The Bertz CT molecular complexity index is 202. The summed E-state index contributed by atoms with van der Waals surface area (Å²) in [5.41, 5.74) is 0.929. The monoisotopic (exact) mass is 152 g/mol. The molecule has 1 aliphatic rings. The van der Waals surface area contributed by atoms with Crippen LogP contribution in [-0.4, -0.2) is 12.9 Å². The highest BCUT2D eigenvalue weighted by molar-refractivity contribution is 6.03. The lowest BCUT2D eigenvalue weighted by Gasteiger charge is -1.92. The molecule has 0 aromatic heterocycles. The first kappa shape index (κ1) is 8.05. The third kappa shape index (κ3) is 2.22. The van der Waals surface area contributed by atoms with E-state index in [1.54, 1.807) is 0 Å². The highest BCUT2D eigenvalue weighted by atomic mass is 16.5. The topological polar surface area (TPSA) is 26.3 Å². The molecule has 60 valence electrons. The van der Waals surface area contributed by atoms with Crippen molar-refractivity contribution >= 4 is 5.78 Å². The minimum atomic E-state index is 0.0874. The Morgan fingerprint density at radius 3 is 3.09 bits per heavy atom. The van der Waals surface area contributed by atoms with E-state index >= 15 is 0 Å². The van der Waals surface area contributed by atoms with E-state index in [1.165, 1.54) is 19.4 Å². The van der Waals surface area contributed by atoms with Gasteiger partial charge < -0.3 is 4.74 Å². The Labute approximate surface area is 66.5 Å². The lowest BCUT2D eigenvalue weighted by Crippen LogP contribution is -1.94. The van der Waals surface area contributed by atoms with Crippen LogP contribution in [0.4, 0.5) is 0 Å². The average Bonchev–Trinajstić information content (AvgIpc) is 2.52. The van der Waals surface area contributed by atoms with E-state index in [9.17, 15) is 4.79 Å². The summed E-state index contributed by atoms with van der Waals surface area (Å²) >= 11 is 0. The molecule has 0 aliphatic heterocycles. The number of methoxy groups -OCH3 is 1. The van der Waals surface area contributed by atoms with Gasteiger partial charge in [0.05, 0.1) is 13.4 Å². The van der Waals surface area contributed by atoms with Gasteiger partial charge in [-0.3, -0.25) is 4.79 Å². The molecule has 0 heterocycles. The summed E-state index contributed by atoms with van der Waals surface area (Å²) in [7, 11) is 1.53. The van der Waals surface area contributed by atoms with Gasteiger partial charge in [0.25, 0.3) is 0 Å². The summed E-state index contributed by atoms with van der Waals surface area (Å²) in [5, 5.41) is 0. The van der Waals surface area contributed by atoms with Crippen molar-refractivity contribution in [3.63, 3.8) is 0 Å². The van der Waals surface area contributed by atoms with E-state index in [-0.39, 0.29) is 5.78 Å². The molecule has 11 heavy (non-hydrogen) atoms. The second kappa shape index (κ2) is 3.96. The van der Waals surface area contributed by atoms with Crippen LogP contribution in [0, 0.1) is 0 Å². The van der Waals surface area contributed by atoms with Crippen molar-refractivity contribution in [3.05, 3.63) is 24.0 Å². The van der Waals surface area contributed by atoms with Crippen LogP contribution in [0.2, 0.25) is 0 Å². The number of rotatable bonds is 3. The number of ether oxygens (including phenoxy) is 1. The molecular weight excluding hydrogens is 140 g/mol. The van der Waals surface area contributed by atoms with Gasteiger partial charge in [-0.25, -0.2) is 0 Å². The fourth-order valence-corrected chi connectivity index (χ4v) is 1.13. The van der Waals surface area contributed by atoms with Crippen LogP contribution in [-0.2, 0) is 9.53 Å². The van der Waals surface area contributed by atoms with Gasteiger partial charge in [-0.1, -0.05) is 6.08 Å². The van der Waals surface area contributed by atoms with Gasteiger partial charge >= 0.3 is 0 Å². The van der Waals surface area contributed by atoms with Crippen LogP contribution >= 0.6 is 0 Å².